The number of amides is 1. The van der Waals surface area contributed by atoms with E-state index in [0.717, 1.165) is 0 Å². The van der Waals surface area contributed by atoms with Crippen LogP contribution in [0, 0.1) is 0 Å². The van der Waals surface area contributed by atoms with Crippen LogP contribution in [0.2, 0.25) is 5.02 Å². The minimum Gasteiger partial charge on any atom is -0.508 e. The van der Waals surface area contributed by atoms with E-state index in [0.29, 0.717) is 17.1 Å². The number of aromatic hydroxyl groups is 1. The molecule has 1 aromatic carbocycles. The Morgan fingerprint density at radius 3 is 2.88 bits per heavy atom. The van der Waals surface area contributed by atoms with Crippen molar-refractivity contribution < 1.29 is 9.90 Å². The summed E-state index contributed by atoms with van der Waals surface area (Å²) in [5.41, 5.74) is 0.707. The molecule has 0 heterocycles. The van der Waals surface area contributed by atoms with Crippen molar-refractivity contribution in [2.75, 3.05) is 20.6 Å². The third-order valence-corrected chi connectivity index (χ3v) is 2.41. The summed E-state index contributed by atoms with van der Waals surface area (Å²) in [5.74, 6) is 0.122. The van der Waals surface area contributed by atoms with Crippen LogP contribution >= 0.6 is 11.6 Å². The van der Waals surface area contributed by atoms with Crippen molar-refractivity contribution in [2.24, 2.45) is 0 Å². The van der Waals surface area contributed by atoms with Crippen LogP contribution in [0.1, 0.15) is 5.56 Å². The van der Waals surface area contributed by atoms with Crippen molar-refractivity contribution in [3.8, 4) is 5.75 Å². The highest BCUT2D eigenvalue weighted by Gasteiger charge is 2.08. The molecule has 0 aliphatic rings. The zero-order valence-electron chi connectivity index (χ0n) is 9.33. The number of hydrogen-bond acceptors (Lipinski definition) is 3. The van der Waals surface area contributed by atoms with E-state index >= 15 is 0 Å². The summed E-state index contributed by atoms with van der Waals surface area (Å²) in [6, 6.07) is 4.86. The van der Waals surface area contributed by atoms with E-state index in [-0.39, 0.29) is 18.2 Å². The van der Waals surface area contributed by atoms with Gasteiger partial charge < -0.3 is 10.4 Å². The van der Waals surface area contributed by atoms with Crippen LogP contribution < -0.4 is 5.32 Å². The number of nitrogens with one attached hydrogen (secondary N) is 1. The molecule has 88 valence electrons. The topological polar surface area (TPSA) is 52.6 Å². The minimum absolute atomic E-state index is 0.0657. The van der Waals surface area contributed by atoms with Crippen molar-refractivity contribution >= 4 is 17.5 Å². The van der Waals surface area contributed by atoms with Crippen LogP contribution in [-0.4, -0.2) is 36.6 Å². The van der Waals surface area contributed by atoms with E-state index in [1.807, 2.05) is 0 Å². The van der Waals surface area contributed by atoms with E-state index in [2.05, 4.69) is 5.32 Å². The average Bonchev–Trinajstić information content (AvgIpc) is 2.23. The second-order valence-electron chi connectivity index (χ2n) is 3.62. The van der Waals surface area contributed by atoms with Gasteiger partial charge >= 0.3 is 0 Å². The smallest absolute Gasteiger partial charge is 0.233 e. The van der Waals surface area contributed by atoms with Crippen molar-refractivity contribution in [3.05, 3.63) is 28.8 Å². The first-order valence-electron chi connectivity index (χ1n) is 4.89. The Balaban J connectivity index is 2.65. The Morgan fingerprint density at radius 1 is 1.56 bits per heavy atom. The molecule has 16 heavy (non-hydrogen) atoms. The molecule has 1 rings (SSSR count). The Morgan fingerprint density at radius 2 is 2.25 bits per heavy atom. The molecule has 1 aromatic rings. The number of phenols is 1. The highest BCUT2D eigenvalue weighted by atomic mass is 35.5. The summed E-state index contributed by atoms with van der Waals surface area (Å²) < 4.78 is 0. The van der Waals surface area contributed by atoms with Gasteiger partial charge in [0.2, 0.25) is 5.91 Å². The molecular weight excluding hydrogens is 228 g/mol. The predicted molar refractivity (Wildman–Crippen MR) is 63.5 cm³/mol. The molecule has 0 saturated heterocycles. The average molecular weight is 243 g/mol. The monoisotopic (exact) mass is 242 g/mol. The Labute approximate surface area is 99.8 Å². The second-order valence-corrected chi connectivity index (χ2v) is 4.05. The molecule has 0 bridgehead atoms. The molecule has 0 aromatic heterocycles. The molecule has 0 saturated carbocycles. The molecule has 0 spiro atoms. The lowest BCUT2D eigenvalue weighted by Gasteiger charge is -2.16. The van der Waals surface area contributed by atoms with Crippen LogP contribution in [0.15, 0.2) is 18.2 Å². The standard InChI is InChI=1S/C11H15ClN2O2/c1-13-11(16)7-14(2)6-8-5-9(12)3-4-10(8)15/h3-5,15H,6-7H2,1-2H3,(H,13,16). The van der Waals surface area contributed by atoms with Gasteiger partial charge in [-0.15, -0.1) is 0 Å². The number of benzene rings is 1. The summed E-state index contributed by atoms with van der Waals surface area (Å²) in [6.07, 6.45) is 0. The fraction of sp³-hybridized carbons (Fsp3) is 0.364. The van der Waals surface area contributed by atoms with E-state index in [4.69, 9.17) is 11.6 Å². The fourth-order valence-corrected chi connectivity index (χ4v) is 1.55. The minimum atomic E-state index is -0.0657. The number of nitrogens with zero attached hydrogens (tertiary/aromatic N) is 1. The zero-order valence-corrected chi connectivity index (χ0v) is 10.1. The molecule has 0 aliphatic heterocycles. The number of phenolic OH excluding ortho intramolecular Hbond substituents is 1. The van der Waals surface area contributed by atoms with Gasteiger partial charge in [-0.3, -0.25) is 9.69 Å². The molecule has 0 unspecified atom stereocenters. The maximum Gasteiger partial charge on any atom is 0.233 e. The van der Waals surface area contributed by atoms with Gasteiger partial charge in [0.25, 0.3) is 0 Å². The maximum absolute atomic E-state index is 11.1. The maximum atomic E-state index is 11.1. The number of halogens is 1. The number of rotatable bonds is 4. The normalized spacial score (nSPS) is 10.5. The molecule has 1 amide bonds. The van der Waals surface area contributed by atoms with Crippen LogP contribution in [0.3, 0.4) is 0 Å². The molecule has 5 heteroatoms. The predicted octanol–water partition coefficient (Wildman–Crippen LogP) is 1.22. The Kier molecular flexibility index (Phi) is 4.58. The molecule has 0 aliphatic carbocycles. The van der Waals surface area contributed by atoms with E-state index in [9.17, 15) is 9.90 Å². The number of carbonyl (C=O) groups is 1. The zero-order chi connectivity index (χ0) is 12.1. The summed E-state index contributed by atoms with van der Waals surface area (Å²) in [5, 5.41) is 12.7. The molecule has 4 nitrogen and oxygen atoms in total. The third kappa shape index (κ3) is 3.72. The fourth-order valence-electron chi connectivity index (χ4n) is 1.35. The number of hydrogen-bond donors (Lipinski definition) is 2. The first kappa shape index (κ1) is 12.8. The quantitative estimate of drug-likeness (QED) is 0.835. The van der Waals surface area contributed by atoms with Crippen LogP contribution in [-0.2, 0) is 11.3 Å². The summed E-state index contributed by atoms with van der Waals surface area (Å²) in [4.78, 5) is 12.9. The molecular formula is C11H15ClN2O2. The van der Waals surface area contributed by atoms with Crippen molar-refractivity contribution in [2.45, 2.75) is 6.54 Å². The lowest BCUT2D eigenvalue weighted by Crippen LogP contribution is -2.32. The number of likely N-dealkylation sites (N-methyl/N-ethyl adjacent to an activating group) is 2. The van der Waals surface area contributed by atoms with Crippen LogP contribution in [0.25, 0.3) is 0 Å². The van der Waals surface area contributed by atoms with Crippen LogP contribution in [0.5, 0.6) is 5.75 Å². The molecule has 0 atom stereocenters. The Hall–Kier alpha value is -1.26. The number of carbonyl (C=O) groups excluding carboxylic acids is 1. The summed E-state index contributed by atoms with van der Waals surface area (Å²) in [6.45, 7) is 0.752. The van der Waals surface area contributed by atoms with Gasteiger partial charge in [0.05, 0.1) is 6.54 Å². The van der Waals surface area contributed by atoms with Gasteiger partial charge in [-0.05, 0) is 25.2 Å². The first-order valence-corrected chi connectivity index (χ1v) is 5.27. The largest absolute Gasteiger partial charge is 0.508 e. The summed E-state index contributed by atoms with van der Waals surface area (Å²) in [7, 11) is 3.39. The Bertz CT molecular complexity index is 382. The lowest BCUT2D eigenvalue weighted by molar-refractivity contribution is -0.121. The van der Waals surface area contributed by atoms with E-state index in [1.54, 1.807) is 37.2 Å². The van der Waals surface area contributed by atoms with Crippen LogP contribution in [0.4, 0.5) is 0 Å². The van der Waals surface area contributed by atoms with E-state index in [1.165, 1.54) is 0 Å². The highest BCUT2D eigenvalue weighted by molar-refractivity contribution is 6.30. The molecule has 0 radical (unpaired) electrons. The van der Waals surface area contributed by atoms with Crippen molar-refractivity contribution in [1.29, 1.82) is 0 Å². The van der Waals surface area contributed by atoms with Crippen molar-refractivity contribution in [1.82, 2.24) is 10.2 Å². The van der Waals surface area contributed by atoms with Gasteiger partial charge in [-0.25, -0.2) is 0 Å². The molecule has 2 N–H and O–H groups in total. The SMILES string of the molecule is CNC(=O)CN(C)Cc1cc(Cl)ccc1O. The summed E-state index contributed by atoms with van der Waals surface area (Å²) >= 11 is 5.82. The lowest BCUT2D eigenvalue weighted by atomic mass is 10.2. The third-order valence-electron chi connectivity index (χ3n) is 2.17. The van der Waals surface area contributed by atoms with Gasteiger partial charge in [-0.2, -0.15) is 0 Å². The van der Waals surface area contributed by atoms with Gasteiger partial charge in [-0.1, -0.05) is 11.6 Å². The van der Waals surface area contributed by atoms with Gasteiger partial charge in [0.1, 0.15) is 5.75 Å². The second kappa shape index (κ2) is 5.72. The van der Waals surface area contributed by atoms with Gasteiger partial charge in [0, 0.05) is 24.2 Å². The van der Waals surface area contributed by atoms with Crippen molar-refractivity contribution in [3.63, 3.8) is 0 Å². The van der Waals surface area contributed by atoms with E-state index < -0.39 is 0 Å². The first-order chi connectivity index (χ1) is 7.52. The molecule has 0 fully saturated rings. The highest BCUT2D eigenvalue weighted by Crippen LogP contribution is 2.22. The van der Waals surface area contributed by atoms with Gasteiger partial charge in [0.15, 0.2) is 0 Å².